The van der Waals surface area contributed by atoms with E-state index in [4.69, 9.17) is 9.47 Å². The molecular weight excluding hydrogens is 340 g/mol. The maximum Gasteiger partial charge on any atom is 0.150 e. The molecule has 27 heavy (non-hydrogen) atoms. The molecule has 2 aliphatic rings. The Hall–Kier alpha value is -1.92. The van der Waals surface area contributed by atoms with E-state index in [9.17, 15) is 0 Å². The summed E-state index contributed by atoms with van der Waals surface area (Å²) in [4.78, 5) is 4.61. The van der Waals surface area contributed by atoms with Crippen LogP contribution in [-0.4, -0.2) is 41.1 Å². The zero-order valence-corrected chi connectivity index (χ0v) is 16.1. The monoisotopic (exact) mass is 370 g/mol. The molecular formula is C21H30N4O2. The molecule has 2 aromatic rings. The smallest absolute Gasteiger partial charge is 0.150 e. The van der Waals surface area contributed by atoms with Crippen LogP contribution in [0.5, 0.6) is 5.75 Å². The molecule has 1 N–H and O–H groups in total. The van der Waals surface area contributed by atoms with Crippen LogP contribution in [0, 0.1) is 11.8 Å². The van der Waals surface area contributed by atoms with Gasteiger partial charge in [-0.2, -0.15) is 5.10 Å². The second-order valence-corrected chi connectivity index (χ2v) is 7.73. The Labute approximate surface area is 161 Å². The van der Waals surface area contributed by atoms with Gasteiger partial charge in [0.25, 0.3) is 0 Å². The Kier molecular flexibility index (Phi) is 6.04. The Morgan fingerprint density at radius 1 is 1.26 bits per heavy atom. The molecule has 0 amide bonds. The summed E-state index contributed by atoms with van der Waals surface area (Å²) in [5.74, 6) is 2.31. The number of hydrogen-bond donors (Lipinski definition) is 1. The quantitative estimate of drug-likeness (QED) is 0.841. The van der Waals surface area contributed by atoms with Crippen LogP contribution in [0.4, 0.5) is 0 Å². The molecule has 2 fully saturated rings. The van der Waals surface area contributed by atoms with Gasteiger partial charge in [-0.25, -0.2) is 4.68 Å². The zero-order chi connectivity index (χ0) is 18.5. The lowest BCUT2D eigenvalue weighted by atomic mass is 9.86. The van der Waals surface area contributed by atoms with E-state index in [1.54, 1.807) is 0 Å². The van der Waals surface area contributed by atoms with Gasteiger partial charge in [-0.1, -0.05) is 6.92 Å². The van der Waals surface area contributed by atoms with Gasteiger partial charge in [0.1, 0.15) is 5.75 Å². The molecule has 2 saturated heterocycles. The molecule has 0 spiro atoms. The van der Waals surface area contributed by atoms with Crippen molar-refractivity contribution >= 4 is 0 Å². The van der Waals surface area contributed by atoms with Crippen LogP contribution in [0.25, 0.3) is 11.4 Å². The van der Waals surface area contributed by atoms with Gasteiger partial charge in [-0.05, 0) is 75.2 Å². The van der Waals surface area contributed by atoms with Gasteiger partial charge in [-0.15, -0.1) is 0 Å². The number of pyridine rings is 1. The van der Waals surface area contributed by atoms with E-state index in [1.807, 2.05) is 35.3 Å². The van der Waals surface area contributed by atoms with Crippen molar-refractivity contribution in [3.8, 4) is 17.1 Å². The molecule has 2 aromatic heterocycles. The lowest BCUT2D eigenvalue weighted by Gasteiger charge is -2.29. The average Bonchev–Trinajstić information content (AvgIpc) is 3.21. The normalized spacial score (nSPS) is 26.0. The Morgan fingerprint density at radius 2 is 2.22 bits per heavy atom. The van der Waals surface area contributed by atoms with E-state index in [0.717, 1.165) is 74.5 Å². The maximum atomic E-state index is 5.95. The Balaban J connectivity index is 1.34. The van der Waals surface area contributed by atoms with Crippen molar-refractivity contribution in [3.05, 3.63) is 30.6 Å². The Morgan fingerprint density at radius 3 is 3.00 bits per heavy atom. The van der Waals surface area contributed by atoms with Crippen molar-refractivity contribution in [2.24, 2.45) is 11.8 Å². The minimum atomic E-state index is 0.0217. The lowest BCUT2D eigenvalue weighted by Crippen LogP contribution is -2.35. The molecule has 0 radical (unpaired) electrons. The molecule has 146 valence electrons. The van der Waals surface area contributed by atoms with E-state index in [0.29, 0.717) is 0 Å². The van der Waals surface area contributed by atoms with Crippen LogP contribution in [0.15, 0.2) is 30.6 Å². The number of nitrogens with one attached hydrogen (secondary N) is 1. The lowest BCUT2D eigenvalue weighted by molar-refractivity contribution is -0.0384. The predicted octanol–water partition coefficient (Wildman–Crippen LogP) is 3.66. The van der Waals surface area contributed by atoms with Gasteiger partial charge >= 0.3 is 0 Å². The van der Waals surface area contributed by atoms with Crippen LogP contribution in [0.1, 0.15) is 45.3 Å². The molecule has 4 rings (SSSR count). The van der Waals surface area contributed by atoms with Crippen molar-refractivity contribution in [1.29, 1.82) is 0 Å². The molecule has 6 nitrogen and oxygen atoms in total. The number of hydrogen-bond acceptors (Lipinski definition) is 5. The van der Waals surface area contributed by atoms with Crippen molar-refractivity contribution in [2.45, 2.75) is 45.3 Å². The first-order valence-electron chi connectivity index (χ1n) is 10.3. The van der Waals surface area contributed by atoms with Crippen LogP contribution >= 0.6 is 0 Å². The first-order chi connectivity index (χ1) is 13.3. The maximum absolute atomic E-state index is 5.95. The van der Waals surface area contributed by atoms with E-state index >= 15 is 0 Å². The average molecular weight is 370 g/mol. The van der Waals surface area contributed by atoms with Gasteiger partial charge in [0.2, 0.25) is 0 Å². The van der Waals surface area contributed by atoms with Crippen LogP contribution < -0.4 is 10.1 Å². The third-order valence-electron chi connectivity index (χ3n) is 5.82. The summed E-state index contributed by atoms with van der Waals surface area (Å²) in [5, 5.41) is 7.92. The molecule has 0 aromatic carbocycles. The van der Waals surface area contributed by atoms with Gasteiger partial charge in [0.05, 0.1) is 24.2 Å². The highest BCUT2D eigenvalue weighted by atomic mass is 16.5. The van der Waals surface area contributed by atoms with Gasteiger partial charge in [0.15, 0.2) is 6.23 Å². The van der Waals surface area contributed by atoms with Crippen LogP contribution in [-0.2, 0) is 4.74 Å². The molecule has 6 heteroatoms. The molecule has 3 unspecified atom stereocenters. The first-order valence-corrected chi connectivity index (χ1v) is 10.3. The van der Waals surface area contributed by atoms with Gasteiger partial charge in [0, 0.05) is 12.8 Å². The standard InChI is InChI=1S/C21H30N4O2/c1-16-14-22-10-7-17(16)9-13-26-18-5-6-19(23-15-18)20-8-11-24-25(20)21-4-2-3-12-27-21/h5-6,8,11,15-17,21-22H,2-4,7,9-10,12-14H2,1H3. The summed E-state index contributed by atoms with van der Waals surface area (Å²) in [6.45, 7) is 6.14. The summed E-state index contributed by atoms with van der Waals surface area (Å²) in [6, 6.07) is 6.02. The number of ether oxygens (including phenoxy) is 2. The topological polar surface area (TPSA) is 61.2 Å². The molecule has 0 saturated carbocycles. The highest BCUT2D eigenvalue weighted by Gasteiger charge is 2.21. The van der Waals surface area contributed by atoms with Crippen LogP contribution in [0.2, 0.25) is 0 Å². The van der Waals surface area contributed by atoms with E-state index in [1.165, 1.54) is 12.8 Å². The van der Waals surface area contributed by atoms with Crippen molar-refractivity contribution < 1.29 is 9.47 Å². The summed E-state index contributed by atoms with van der Waals surface area (Å²) >= 11 is 0. The van der Waals surface area contributed by atoms with E-state index in [-0.39, 0.29) is 6.23 Å². The van der Waals surface area contributed by atoms with E-state index < -0.39 is 0 Å². The molecule has 4 heterocycles. The zero-order valence-electron chi connectivity index (χ0n) is 16.1. The highest BCUT2D eigenvalue weighted by molar-refractivity contribution is 5.54. The second kappa shape index (κ2) is 8.85. The fourth-order valence-electron chi connectivity index (χ4n) is 4.11. The minimum Gasteiger partial charge on any atom is -0.492 e. The van der Waals surface area contributed by atoms with Gasteiger partial charge < -0.3 is 14.8 Å². The molecule has 0 aliphatic carbocycles. The minimum absolute atomic E-state index is 0.0217. The summed E-state index contributed by atoms with van der Waals surface area (Å²) < 4.78 is 13.8. The molecule has 0 bridgehead atoms. The number of rotatable bonds is 6. The Bertz CT molecular complexity index is 709. The first kappa shape index (κ1) is 18.4. The molecule has 3 atom stereocenters. The van der Waals surface area contributed by atoms with Gasteiger partial charge in [-0.3, -0.25) is 4.98 Å². The van der Waals surface area contributed by atoms with Crippen molar-refractivity contribution in [1.82, 2.24) is 20.1 Å². The summed E-state index contributed by atoms with van der Waals surface area (Å²) in [7, 11) is 0. The number of nitrogens with zero attached hydrogens (tertiary/aromatic N) is 3. The largest absolute Gasteiger partial charge is 0.492 e. The summed E-state index contributed by atoms with van der Waals surface area (Å²) in [5.41, 5.74) is 1.90. The van der Waals surface area contributed by atoms with Crippen LogP contribution in [0.3, 0.4) is 0 Å². The number of aromatic nitrogens is 3. The predicted molar refractivity (Wildman–Crippen MR) is 105 cm³/mol. The molecule has 2 aliphatic heterocycles. The SMILES string of the molecule is CC1CNCCC1CCOc1ccc(-c2ccnn2C2CCCCO2)nc1. The summed E-state index contributed by atoms with van der Waals surface area (Å²) in [6.07, 6.45) is 9.33. The fraction of sp³-hybridized carbons (Fsp3) is 0.619. The third-order valence-corrected chi connectivity index (χ3v) is 5.82. The van der Waals surface area contributed by atoms with E-state index in [2.05, 4.69) is 22.3 Å². The third kappa shape index (κ3) is 4.50. The number of piperidine rings is 1. The second-order valence-electron chi connectivity index (χ2n) is 7.73. The van der Waals surface area contributed by atoms with Crippen molar-refractivity contribution in [3.63, 3.8) is 0 Å². The highest BCUT2D eigenvalue weighted by Crippen LogP contribution is 2.28. The fourth-order valence-corrected chi connectivity index (χ4v) is 4.11. The van der Waals surface area contributed by atoms with Crippen molar-refractivity contribution in [2.75, 3.05) is 26.3 Å².